The van der Waals surface area contributed by atoms with Gasteiger partial charge in [0, 0.05) is 19.0 Å². The predicted molar refractivity (Wildman–Crippen MR) is 75.9 cm³/mol. The second-order valence-corrected chi connectivity index (χ2v) is 6.15. The van der Waals surface area contributed by atoms with Crippen LogP contribution in [0.1, 0.15) is 57.7 Å². The van der Waals surface area contributed by atoms with Crippen LogP contribution in [0.3, 0.4) is 0 Å². The smallest absolute Gasteiger partial charge is 0.227 e. The first kappa shape index (κ1) is 14.5. The van der Waals surface area contributed by atoms with Gasteiger partial charge in [0.25, 0.3) is 0 Å². The number of hydrogen-bond donors (Lipinski definition) is 1. The molecule has 1 N–H and O–H groups in total. The van der Waals surface area contributed by atoms with E-state index in [-0.39, 0.29) is 0 Å². The Morgan fingerprint density at radius 1 is 1.26 bits per heavy atom. The molecule has 0 saturated heterocycles. The summed E-state index contributed by atoms with van der Waals surface area (Å²) in [6.07, 6.45) is 7.59. The third kappa shape index (κ3) is 4.60. The highest BCUT2D eigenvalue weighted by atomic mass is 16.5. The Morgan fingerprint density at radius 3 is 2.79 bits per heavy atom. The molecule has 2 unspecified atom stereocenters. The minimum absolute atomic E-state index is 0.674. The molecule has 2 atom stereocenters. The van der Waals surface area contributed by atoms with E-state index >= 15 is 0 Å². The minimum Gasteiger partial charge on any atom is -0.339 e. The van der Waals surface area contributed by atoms with E-state index in [2.05, 4.69) is 29.3 Å². The Hall–Kier alpha value is -0.900. The quantitative estimate of drug-likeness (QED) is 0.831. The molecule has 1 aliphatic rings. The van der Waals surface area contributed by atoms with E-state index in [9.17, 15) is 0 Å². The Kier molecular flexibility index (Phi) is 5.37. The van der Waals surface area contributed by atoms with E-state index in [0.717, 1.165) is 36.5 Å². The van der Waals surface area contributed by atoms with Gasteiger partial charge in [-0.05, 0) is 38.0 Å². The molecule has 0 amide bonds. The zero-order chi connectivity index (χ0) is 13.7. The van der Waals surface area contributed by atoms with Crippen molar-refractivity contribution >= 4 is 0 Å². The maximum Gasteiger partial charge on any atom is 0.227 e. The van der Waals surface area contributed by atoms with Crippen molar-refractivity contribution in [1.29, 1.82) is 0 Å². The summed E-state index contributed by atoms with van der Waals surface area (Å²) in [6.45, 7) is 7.52. The summed E-state index contributed by atoms with van der Waals surface area (Å²) in [5, 5.41) is 7.46. The molecule has 0 aliphatic heterocycles. The fourth-order valence-corrected chi connectivity index (χ4v) is 3.03. The van der Waals surface area contributed by atoms with Gasteiger partial charge in [0.2, 0.25) is 5.89 Å². The van der Waals surface area contributed by atoms with Gasteiger partial charge in [-0.15, -0.1) is 0 Å². The van der Waals surface area contributed by atoms with Crippen LogP contribution in [-0.2, 0) is 6.42 Å². The fraction of sp³-hybridized carbons (Fsp3) is 0.867. The number of nitrogens with zero attached hydrogens (tertiary/aromatic N) is 2. The molecular formula is C15H27N3O. The zero-order valence-electron chi connectivity index (χ0n) is 12.5. The first-order valence-electron chi connectivity index (χ1n) is 7.67. The largest absolute Gasteiger partial charge is 0.339 e. The first-order valence-corrected chi connectivity index (χ1v) is 7.67. The van der Waals surface area contributed by atoms with Crippen LogP contribution in [0.5, 0.6) is 0 Å². The van der Waals surface area contributed by atoms with Gasteiger partial charge in [0.05, 0.1) is 0 Å². The lowest BCUT2D eigenvalue weighted by atomic mass is 9.89. The highest BCUT2D eigenvalue weighted by Gasteiger charge is 2.20. The maximum atomic E-state index is 5.13. The van der Waals surface area contributed by atoms with Crippen LogP contribution in [0.4, 0.5) is 0 Å². The molecule has 0 bridgehead atoms. The molecule has 1 fully saturated rings. The molecule has 2 rings (SSSR count). The second kappa shape index (κ2) is 7.04. The summed E-state index contributed by atoms with van der Waals surface area (Å²) >= 11 is 0. The van der Waals surface area contributed by atoms with Crippen molar-refractivity contribution in [2.75, 3.05) is 6.54 Å². The lowest BCUT2D eigenvalue weighted by Gasteiger charge is -2.19. The van der Waals surface area contributed by atoms with E-state index in [1.165, 1.54) is 32.1 Å². The monoisotopic (exact) mass is 265 g/mol. The zero-order valence-corrected chi connectivity index (χ0v) is 12.5. The molecule has 19 heavy (non-hydrogen) atoms. The van der Waals surface area contributed by atoms with Crippen molar-refractivity contribution in [1.82, 2.24) is 15.5 Å². The van der Waals surface area contributed by atoms with Gasteiger partial charge < -0.3 is 9.84 Å². The Balaban J connectivity index is 1.68. The molecule has 1 saturated carbocycles. The molecule has 1 aromatic rings. The van der Waals surface area contributed by atoms with Gasteiger partial charge in [-0.3, -0.25) is 0 Å². The molecule has 0 spiro atoms. The van der Waals surface area contributed by atoms with E-state index in [1.807, 2.05) is 6.92 Å². The van der Waals surface area contributed by atoms with Crippen LogP contribution < -0.4 is 5.32 Å². The summed E-state index contributed by atoms with van der Waals surface area (Å²) in [5.41, 5.74) is 0. The summed E-state index contributed by atoms with van der Waals surface area (Å²) in [4.78, 5) is 4.23. The van der Waals surface area contributed by atoms with Crippen LogP contribution in [0.15, 0.2) is 4.52 Å². The van der Waals surface area contributed by atoms with Crippen molar-refractivity contribution in [3.63, 3.8) is 0 Å². The lowest BCUT2D eigenvalue weighted by Crippen LogP contribution is -2.30. The molecule has 1 aromatic heterocycles. The fourth-order valence-electron chi connectivity index (χ4n) is 3.03. The summed E-state index contributed by atoms with van der Waals surface area (Å²) in [5.74, 6) is 3.23. The third-order valence-electron chi connectivity index (χ3n) is 4.30. The Bertz CT molecular complexity index is 375. The summed E-state index contributed by atoms with van der Waals surface area (Å²) in [6, 6.07) is 0.674. The Morgan fingerprint density at radius 2 is 2.11 bits per heavy atom. The first-order chi connectivity index (χ1) is 9.15. The topological polar surface area (TPSA) is 51.0 Å². The molecule has 1 heterocycles. The third-order valence-corrected chi connectivity index (χ3v) is 4.30. The van der Waals surface area contributed by atoms with E-state index in [1.54, 1.807) is 0 Å². The summed E-state index contributed by atoms with van der Waals surface area (Å²) < 4.78 is 5.13. The highest BCUT2D eigenvalue weighted by Crippen LogP contribution is 2.28. The van der Waals surface area contributed by atoms with Crippen molar-refractivity contribution < 1.29 is 4.52 Å². The average molecular weight is 265 g/mol. The number of aromatic nitrogens is 2. The number of rotatable bonds is 5. The van der Waals surface area contributed by atoms with Crippen LogP contribution in [0.25, 0.3) is 0 Å². The molecule has 0 radical (unpaired) electrons. The van der Waals surface area contributed by atoms with E-state index in [0.29, 0.717) is 6.04 Å². The van der Waals surface area contributed by atoms with Gasteiger partial charge >= 0.3 is 0 Å². The van der Waals surface area contributed by atoms with Crippen LogP contribution >= 0.6 is 0 Å². The standard InChI is InChI=1S/C15H27N3O/c1-11(2)13-5-4-6-14(8-7-13)16-10-9-15-17-12(3)18-19-15/h11,13-14,16H,4-10H2,1-3H3. The highest BCUT2D eigenvalue weighted by molar-refractivity contribution is 4.84. The SMILES string of the molecule is Cc1noc(CCNC2CCCC(C(C)C)CC2)n1. The maximum absolute atomic E-state index is 5.13. The summed E-state index contributed by atoms with van der Waals surface area (Å²) in [7, 11) is 0. The van der Waals surface area contributed by atoms with Gasteiger partial charge in [-0.25, -0.2) is 0 Å². The van der Waals surface area contributed by atoms with E-state index < -0.39 is 0 Å². The van der Waals surface area contributed by atoms with Crippen molar-refractivity contribution in [3.8, 4) is 0 Å². The number of aryl methyl sites for hydroxylation is 1. The van der Waals surface area contributed by atoms with Crippen LogP contribution in [-0.4, -0.2) is 22.7 Å². The van der Waals surface area contributed by atoms with Gasteiger partial charge in [-0.1, -0.05) is 31.8 Å². The van der Waals surface area contributed by atoms with Crippen molar-refractivity contribution in [2.24, 2.45) is 11.8 Å². The van der Waals surface area contributed by atoms with E-state index in [4.69, 9.17) is 4.52 Å². The minimum atomic E-state index is 0.674. The average Bonchev–Trinajstić information content (AvgIpc) is 2.64. The molecule has 0 aromatic carbocycles. The van der Waals surface area contributed by atoms with Crippen LogP contribution in [0.2, 0.25) is 0 Å². The van der Waals surface area contributed by atoms with Gasteiger partial charge in [0.1, 0.15) is 0 Å². The second-order valence-electron chi connectivity index (χ2n) is 6.15. The predicted octanol–water partition coefficient (Wildman–Crippen LogP) is 3.12. The van der Waals surface area contributed by atoms with Gasteiger partial charge in [-0.2, -0.15) is 4.98 Å². The van der Waals surface area contributed by atoms with Crippen molar-refractivity contribution in [2.45, 2.75) is 65.3 Å². The normalized spacial score (nSPS) is 24.6. The molecular weight excluding hydrogens is 238 g/mol. The number of nitrogens with one attached hydrogen (secondary N) is 1. The lowest BCUT2D eigenvalue weighted by molar-refractivity contribution is 0.336. The molecule has 4 heteroatoms. The molecule has 4 nitrogen and oxygen atoms in total. The van der Waals surface area contributed by atoms with Crippen molar-refractivity contribution in [3.05, 3.63) is 11.7 Å². The van der Waals surface area contributed by atoms with Crippen LogP contribution in [0, 0.1) is 18.8 Å². The van der Waals surface area contributed by atoms with Gasteiger partial charge in [0.15, 0.2) is 5.82 Å². The number of hydrogen-bond acceptors (Lipinski definition) is 4. The molecule has 1 aliphatic carbocycles. The Labute approximate surface area is 116 Å². The molecule has 108 valence electrons.